The molecule has 1 amide bonds. The third-order valence-electron chi connectivity index (χ3n) is 7.54. The lowest BCUT2D eigenvalue weighted by atomic mass is 9.89. The van der Waals surface area contributed by atoms with E-state index >= 15 is 0 Å². The van der Waals surface area contributed by atoms with Crippen LogP contribution in [0.25, 0.3) is 11.1 Å². The molecule has 7 nitrogen and oxygen atoms in total. The van der Waals surface area contributed by atoms with Crippen molar-refractivity contribution in [1.29, 1.82) is 0 Å². The molecule has 0 aliphatic carbocycles. The van der Waals surface area contributed by atoms with Crippen molar-refractivity contribution >= 4 is 17.2 Å². The van der Waals surface area contributed by atoms with E-state index in [0.717, 1.165) is 11.9 Å². The highest BCUT2D eigenvalue weighted by molar-refractivity contribution is 5.72. The van der Waals surface area contributed by atoms with E-state index in [-0.39, 0.29) is 23.9 Å². The predicted molar refractivity (Wildman–Crippen MR) is 143 cm³/mol. The second-order valence-electron chi connectivity index (χ2n) is 9.78. The maximum atomic E-state index is 12.9. The molecule has 192 valence electrons. The Morgan fingerprint density at radius 1 is 0.973 bits per heavy atom. The maximum Gasteiger partial charge on any atom is 0.420 e. The fraction of sp³-hybridized carbons (Fsp3) is 0.333. The molecule has 0 spiro atoms. The molecular formula is C30H33N3O4. The minimum absolute atomic E-state index is 0.0341. The van der Waals surface area contributed by atoms with Crippen LogP contribution >= 0.6 is 0 Å². The third kappa shape index (κ3) is 5.32. The predicted octanol–water partition coefficient (Wildman–Crippen LogP) is 5.76. The van der Waals surface area contributed by atoms with Gasteiger partial charge < -0.3 is 14.4 Å². The summed E-state index contributed by atoms with van der Waals surface area (Å²) in [7, 11) is 0. The van der Waals surface area contributed by atoms with Crippen molar-refractivity contribution in [2.45, 2.75) is 57.4 Å². The summed E-state index contributed by atoms with van der Waals surface area (Å²) in [5.41, 5.74) is 3.69. The number of carboxylic acid groups (broad SMARTS) is 1. The summed E-state index contributed by atoms with van der Waals surface area (Å²) in [5.74, 6) is -0.382. The van der Waals surface area contributed by atoms with Crippen molar-refractivity contribution in [3.8, 4) is 0 Å². The van der Waals surface area contributed by atoms with E-state index in [1.165, 1.54) is 11.1 Å². The van der Waals surface area contributed by atoms with Gasteiger partial charge in [-0.3, -0.25) is 9.47 Å². The Balaban J connectivity index is 1.50. The average molecular weight is 500 g/mol. The van der Waals surface area contributed by atoms with Crippen LogP contribution in [0.3, 0.4) is 0 Å². The molecule has 4 aromatic rings. The third-order valence-corrected chi connectivity index (χ3v) is 7.54. The van der Waals surface area contributed by atoms with Crippen LogP contribution in [0.4, 0.5) is 4.79 Å². The Labute approximate surface area is 216 Å². The van der Waals surface area contributed by atoms with E-state index < -0.39 is 6.09 Å². The first-order valence-corrected chi connectivity index (χ1v) is 13.0. The van der Waals surface area contributed by atoms with Crippen molar-refractivity contribution in [2.75, 3.05) is 6.54 Å². The molecule has 3 aromatic carbocycles. The van der Waals surface area contributed by atoms with Crippen LogP contribution in [0.2, 0.25) is 0 Å². The van der Waals surface area contributed by atoms with Crippen LogP contribution in [0.15, 0.2) is 94.1 Å². The number of fused-ring (bicyclic) bond motifs is 1. The number of nitrogens with zero attached hydrogens (tertiary/aromatic N) is 3. The molecule has 1 aliphatic heterocycles. The molecule has 2 heterocycles. The molecule has 1 fully saturated rings. The number of piperidine rings is 1. The van der Waals surface area contributed by atoms with E-state index in [9.17, 15) is 14.7 Å². The number of rotatable bonds is 8. The molecule has 1 N–H and O–H groups in total. The molecule has 3 atom stereocenters. The molecule has 0 radical (unpaired) electrons. The molecule has 0 saturated carbocycles. The number of carbonyl (C=O) groups is 1. The number of aromatic nitrogens is 1. The van der Waals surface area contributed by atoms with Gasteiger partial charge >= 0.3 is 11.8 Å². The molecule has 0 bridgehead atoms. The lowest BCUT2D eigenvalue weighted by Crippen LogP contribution is -2.56. The van der Waals surface area contributed by atoms with Crippen LogP contribution in [-0.2, 0) is 13.1 Å². The van der Waals surface area contributed by atoms with Crippen LogP contribution in [0.5, 0.6) is 0 Å². The van der Waals surface area contributed by atoms with Crippen molar-refractivity contribution in [3.63, 3.8) is 0 Å². The van der Waals surface area contributed by atoms with Gasteiger partial charge in [0.1, 0.15) is 0 Å². The van der Waals surface area contributed by atoms with Gasteiger partial charge in [0.05, 0.1) is 11.6 Å². The quantitative estimate of drug-likeness (QED) is 0.334. The fourth-order valence-electron chi connectivity index (χ4n) is 5.84. The van der Waals surface area contributed by atoms with Crippen LogP contribution in [0.1, 0.15) is 43.4 Å². The molecule has 37 heavy (non-hydrogen) atoms. The highest BCUT2D eigenvalue weighted by atomic mass is 16.4. The largest absolute Gasteiger partial charge is 0.465 e. The molecule has 7 heteroatoms. The normalized spacial score (nSPS) is 18.8. The Morgan fingerprint density at radius 3 is 2.16 bits per heavy atom. The van der Waals surface area contributed by atoms with E-state index in [2.05, 4.69) is 36.1 Å². The van der Waals surface area contributed by atoms with Gasteiger partial charge in [0.2, 0.25) is 0 Å². The number of para-hydroxylation sites is 2. The summed E-state index contributed by atoms with van der Waals surface area (Å²) in [6, 6.07) is 27.6. The topological polar surface area (TPSA) is 78.9 Å². The average Bonchev–Trinajstić information content (AvgIpc) is 3.25. The lowest BCUT2D eigenvalue weighted by molar-refractivity contribution is 0.0289. The van der Waals surface area contributed by atoms with Crippen molar-refractivity contribution in [3.05, 3.63) is 107 Å². The molecule has 3 unspecified atom stereocenters. The zero-order valence-electron chi connectivity index (χ0n) is 21.1. The number of amides is 1. The van der Waals surface area contributed by atoms with Crippen LogP contribution in [-0.4, -0.2) is 44.2 Å². The van der Waals surface area contributed by atoms with Gasteiger partial charge in [0, 0.05) is 31.7 Å². The number of benzene rings is 3. The molecule has 1 aromatic heterocycles. The van der Waals surface area contributed by atoms with Crippen LogP contribution in [0, 0.1) is 0 Å². The zero-order chi connectivity index (χ0) is 25.8. The fourth-order valence-corrected chi connectivity index (χ4v) is 5.84. The standard InChI is InChI=1S/C30H33N3O4/c1-2-25(31(20-22-11-5-3-6-12-22)21-23-13-7-4-8-14-23)27-19-24(17-18-32(27)29(34)35)33-26-15-9-10-16-28(26)37-30(33)36/h3-16,24-25,27H,2,17-21H2,1H3,(H,34,35). The Morgan fingerprint density at radius 2 is 1.57 bits per heavy atom. The molecular weight excluding hydrogens is 466 g/mol. The Hall–Kier alpha value is -3.84. The summed E-state index contributed by atoms with van der Waals surface area (Å²) in [5, 5.41) is 10.2. The van der Waals surface area contributed by atoms with E-state index in [0.29, 0.717) is 38.1 Å². The maximum absolute atomic E-state index is 12.9. The number of hydrogen-bond donors (Lipinski definition) is 1. The van der Waals surface area contributed by atoms with Gasteiger partial charge in [-0.1, -0.05) is 79.7 Å². The highest BCUT2D eigenvalue weighted by Crippen LogP contribution is 2.34. The van der Waals surface area contributed by atoms with Gasteiger partial charge in [-0.25, -0.2) is 9.59 Å². The number of hydrogen-bond acceptors (Lipinski definition) is 4. The first-order chi connectivity index (χ1) is 18.0. The molecule has 5 rings (SSSR count). The summed E-state index contributed by atoms with van der Waals surface area (Å²) >= 11 is 0. The summed E-state index contributed by atoms with van der Waals surface area (Å²) < 4.78 is 7.25. The summed E-state index contributed by atoms with van der Waals surface area (Å²) in [6.45, 7) is 3.91. The molecule has 1 aliphatic rings. The van der Waals surface area contributed by atoms with E-state index in [1.54, 1.807) is 15.5 Å². The minimum atomic E-state index is -0.911. The van der Waals surface area contributed by atoms with Gasteiger partial charge in [-0.2, -0.15) is 0 Å². The number of likely N-dealkylation sites (tertiary alicyclic amines) is 1. The van der Waals surface area contributed by atoms with Gasteiger partial charge in [-0.15, -0.1) is 0 Å². The zero-order valence-corrected chi connectivity index (χ0v) is 21.1. The minimum Gasteiger partial charge on any atom is -0.465 e. The van der Waals surface area contributed by atoms with E-state index in [4.69, 9.17) is 4.42 Å². The lowest BCUT2D eigenvalue weighted by Gasteiger charge is -2.45. The Bertz CT molecular complexity index is 1340. The van der Waals surface area contributed by atoms with Gasteiger partial charge in [0.15, 0.2) is 5.58 Å². The van der Waals surface area contributed by atoms with Crippen LogP contribution < -0.4 is 5.76 Å². The second-order valence-corrected chi connectivity index (χ2v) is 9.78. The molecule has 1 saturated heterocycles. The Kier molecular flexibility index (Phi) is 7.42. The van der Waals surface area contributed by atoms with Gasteiger partial charge in [0.25, 0.3) is 0 Å². The monoisotopic (exact) mass is 499 g/mol. The first-order valence-electron chi connectivity index (χ1n) is 13.0. The smallest absolute Gasteiger partial charge is 0.420 e. The summed E-state index contributed by atoms with van der Waals surface area (Å²) in [4.78, 5) is 29.3. The van der Waals surface area contributed by atoms with Crippen molar-refractivity contribution < 1.29 is 14.3 Å². The van der Waals surface area contributed by atoms with E-state index in [1.807, 2.05) is 54.6 Å². The van der Waals surface area contributed by atoms with Crippen molar-refractivity contribution in [1.82, 2.24) is 14.4 Å². The van der Waals surface area contributed by atoms with Gasteiger partial charge in [-0.05, 0) is 42.5 Å². The number of oxazole rings is 1. The second kappa shape index (κ2) is 11.0. The SMILES string of the molecule is CCC(C1CC(n2c(=O)oc3ccccc32)CCN1C(=O)O)N(Cc1ccccc1)Cc1ccccc1. The van der Waals surface area contributed by atoms with Crippen molar-refractivity contribution in [2.24, 2.45) is 0 Å². The highest BCUT2D eigenvalue weighted by Gasteiger charge is 2.40. The summed E-state index contributed by atoms with van der Waals surface area (Å²) in [6.07, 6.45) is 0.988. The first kappa shape index (κ1) is 24.8.